The van der Waals surface area contributed by atoms with E-state index in [0.717, 1.165) is 35.5 Å². The van der Waals surface area contributed by atoms with Crippen molar-refractivity contribution in [2.45, 2.75) is 32.2 Å². The number of carbonyl (C=O) groups is 1. The molecule has 0 aliphatic carbocycles. The number of carbonyl (C=O) groups excluding carboxylic acids is 1. The Hall–Kier alpha value is -2.82. The van der Waals surface area contributed by atoms with E-state index in [1.54, 1.807) is 24.5 Å². The summed E-state index contributed by atoms with van der Waals surface area (Å²) in [7, 11) is 0. The molecule has 0 spiro atoms. The number of aromatic nitrogens is 2. The average Bonchev–Trinajstić information content (AvgIpc) is 3.15. The Kier molecular flexibility index (Phi) is 3.91. The van der Waals surface area contributed by atoms with Gasteiger partial charge < -0.3 is 14.3 Å². The van der Waals surface area contributed by atoms with E-state index in [4.69, 9.17) is 9.40 Å². The number of hydrogen-bond acceptors (Lipinski definition) is 3. The zero-order valence-electron chi connectivity index (χ0n) is 13.4. The number of fused-ring (bicyclic) bond motifs is 3. The van der Waals surface area contributed by atoms with Crippen molar-refractivity contribution >= 4 is 28.7 Å². The maximum Gasteiger partial charge on any atom is 0.248 e. The average molecular weight is 321 g/mol. The van der Waals surface area contributed by atoms with Crippen molar-refractivity contribution in [3.8, 4) is 0 Å². The van der Waals surface area contributed by atoms with Crippen LogP contribution in [0.4, 0.5) is 5.69 Å². The van der Waals surface area contributed by atoms with Crippen molar-refractivity contribution in [2.75, 3.05) is 5.32 Å². The molecule has 0 bridgehead atoms. The third-order valence-electron chi connectivity index (χ3n) is 4.32. The number of imidazole rings is 1. The zero-order valence-corrected chi connectivity index (χ0v) is 13.4. The number of hydrogen-bond donors (Lipinski definition) is 1. The van der Waals surface area contributed by atoms with Crippen molar-refractivity contribution in [3.05, 3.63) is 54.3 Å². The lowest BCUT2D eigenvalue weighted by molar-refractivity contribution is -0.111. The molecule has 122 valence electrons. The standard InChI is InChI=1S/C19H19N3O2/c23-19(10-8-15-5-4-12-24-15)20-14-7-9-17-16(13-14)21-18-6-2-1-3-11-22(17)18/h4-5,7-10,12-13H,1-3,6,11H2,(H,20,23)/b10-8+. The molecular weight excluding hydrogens is 302 g/mol. The minimum absolute atomic E-state index is 0.188. The van der Waals surface area contributed by atoms with Crippen LogP contribution in [0.25, 0.3) is 17.1 Å². The van der Waals surface area contributed by atoms with E-state index >= 15 is 0 Å². The van der Waals surface area contributed by atoms with Crippen LogP contribution in [-0.4, -0.2) is 15.5 Å². The summed E-state index contributed by atoms with van der Waals surface area (Å²) in [4.78, 5) is 16.8. The van der Waals surface area contributed by atoms with Crippen LogP contribution in [0.3, 0.4) is 0 Å². The van der Waals surface area contributed by atoms with Crippen molar-refractivity contribution in [2.24, 2.45) is 0 Å². The van der Waals surface area contributed by atoms with Gasteiger partial charge in [-0.05, 0) is 49.2 Å². The molecule has 1 amide bonds. The molecule has 5 heteroatoms. The first-order chi connectivity index (χ1) is 11.8. The van der Waals surface area contributed by atoms with Crippen LogP contribution >= 0.6 is 0 Å². The highest BCUT2D eigenvalue weighted by atomic mass is 16.3. The number of nitrogens with one attached hydrogen (secondary N) is 1. The number of rotatable bonds is 3. The molecule has 5 nitrogen and oxygen atoms in total. The molecule has 3 heterocycles. The maximum absolute atomic E-state index is 12.0. The summed E-state index contributed by atoms with van der Waals surface area (Å²) in [5.74, 6) is 1.62. The molecule has 2 aromatic heterocycles. The van der Waals surface area contributed by atoms with E-state index in [0.29, 0.717) is 5.76 Å². The quantitative estimate of drug-likeness (QED) is 0.742. The maximum atomic E-state index is 12.0. The van der Waals surface area contributed by atoms with Crippen LogP contribution in [0.2, 0.25) is 0 Å². The molecule has 1 aliphatic heterocycles. The number of benzene rings is 1. The Labute approximate surface area is 140 Å². The second-order valence-corrected chi connectivity index (χ2v) is 6.03. The molecule has 0 saturated carbocycles. The topological polar surface area (TPSA) is 60.1 Å². The smallest absolute Gasteiger partial charge is 0.248 e. The van der Waals surface area contributed by atoms with Gasteiger partial charge in [-0.25, -0.2) is 4.98 Å². The number of amides is 1. The van der Waals surface area contributed by atoms with E-state index in [1.807, 2.05) is 18.2 Å². The second-order valence-electron chi connectivity index (χ2n) is 6.03. The van der Waals surface area contributed by atoms with Crippen molar-refractivity contribution in [1.82, 2.24) is 9.55 Å². The lowest BCUT2D eigenvalue weighted by atomic mass is 10.2. The van der Waals surface area contributed by atoms with Gasteiger partial charge in [-0.3, -0.25) is 4.79 Å². The third kappa shape index (κ3) is 2.97. The number of furan rings is 1. The number of anilines is 1. The van der Waals surface area contributed by atoms with Crippen LogP contribution in [0, 0.1) is 0 Å². The molecule has 1 aromatic carbocycles. The van der Waals surface area contributed by atoms with Crippen molar-refractivity contribution < 1.29 is 9.21 Å². The lowest BCUT2D eigenvalue weighted by Crippen LogP contribution is -2.07. The summed E-state index contributed by atoms with van der Waals surface area (Å²) in [6.07, 6.45) is 9.38. The third-order valence-corrected chi connectivity index (χ3v) is 4.32. The second kappa shape index (κ2) is 6.35. The molecule has 0 atom stereocenters. The van der Waals surface area contributed by atoms with E-state index in [9.17, 15) is 4.79 Å². The Morgan fingerprint density at radius 1 is 1.25 bits per heavy atom. The van der Waals surface area contributed by atoms with Crippen LogP contribution in [0.15, 0.2) is 47.1 Å². The molecule has 0 fully saturated rings. The molecule has 3 aromatic rings. The normalized spacial score (nSPS) is 14.7. The van der Waals surface area contributed by atoms with Gasteiger partial charge in [0, 0.05) is 24.7 Å². The predicted molar refractivity (Wildman–Crippen MR) is 93.7 cm³/mol. The molecule has 0 unspecified atom stereocenters. The largest absolute Gasteiger partial charge is 0.465 e. The van der Waals surface area contributed by atoms with Gasteiger partial charge in [0.2, 0.25) is 5.91 Å². The van der Waals surface area contributed by atoms with Gasteiger partial charge in [-0.2, -0.15) is 0 Å². The highest BCUT2D eigenvalue weighted by Crippen LogP contribution is 2.24. The molecule has 1 N–H and O–H groups in total. The highest BCUT2D eigenvalue weighted by Gasteiger charge is 2.13. The summed E-state index contributed by atoms with van der Waals surface area (Å²) < 4.78 is 7.48. The van der Waals surface area contributed by atoms with E-state index in [-0.39, 0.29) is 5.91 Å². The van der Waals surface area contributed by atoms with Crippen LogP contribution in [-0.2, 0) is 17.8 Å². The van der Waals surface area contributed by atoms with E-state index in [1.165, 1.54) is 25.3 Å². The number of aryl methyl sites for hydroxylation is 2. The monoisotopic (exact) mass is 321 g/mol. The van der Waals surface area contributed by atoms with E-state index < -0.39 is 0 Å². The summed E-state index contributed by atoms with van der Waals surface area (Å²) >= 11 is 0. The highest BCUT2D eigenvalue weighted by molar-refractivity contribution is 6.02. The van der Waals surface area contributed by atoms with Crippen LogP contribution < -0.4 is 5.32 Å². The molecule has 1 aliphatic rings. The zero-order chi connectivity index (χ0) is 16.4. The van der Waals surface area contributed by atoms with Gasteiger partial charge in [0.05, 0.1) is 17.3 Å². The molecular formula is C19H19N3O2. The minimum atomic E-state index is -0.188. The minimum Gasteiger partial charge on any atom is -0.465 e. The first-order valence-corrected chi connectivity index (χ1v) is 8.31. The SMILES string of the molecule is O=C(/C=C/c1ccco1)Nc1ccc2c(c1)nc1n2CCCCC1. The Bertz CT molecular complexity index is 891. The molecule has 0 radical (unpaired) electrons. The summed E-state index contributed by atoms with van der Waals surface area (Å²) in [5.41, 5.74) is 2.85. The summed E-state index contributed by atoms with van der Waals surface area (Å²) in [5, 5.41) is 2.87. The Morgan fingerprint density at radius 3 is 3.08 bits per heavy atom. The summed E-state index contributed by atoms with van der Waals surface area (Å²) in [6, 6.07) is 9.50. The van der Waals surface area contributed by atoms with Crippen molar-refractivity contribution in [3.63, 3.8) is 0 Å². The fourth-order valence-electron chi connectivity index (χ4n) is 3.16. The fraction of sp³-hybridized carbons (Fsp3) is 0.263. The van der Waals surface area contributed by atoms with Gasteiger partial charge >= 0.3 is 0 Å². The van der Waals surface area contributed by atoms with Crippen LogP contribution in [0.1, 0.15) is 30.8 Å². The fourth-order valence-corrected chi connectivity index (χ4v) is 3.16. The Balaban J connectivity index is 1.54. The van der Waals surface area contributed by atoms with Gasteiger partial charge in [-0.1, -0.05) is 6.42 Å². The van der Waals surface area contributed by atoms with Gasteiger partial charge in [0.15, 0.2) is 0 Å². The molecule has 4 rings (SSSR count). The lowest BCUT2D eigenvalue weighted by Gasteiger charge is -2.05. The van der Waals surface area contributed by atoms with Crippen LogP contribution in [0.5, 0.6) is 0 Å². The number of nitrogens with zero attached hydrogens (tertiary/aromatic N) is 2. The first-order valence-electron chi connectivity index (χ1n) is 8.31. The van der Waals surface area contributed by atoms with Crippen molar-refractivity contribution in [1.29, 1.82) is 0 Å². The molecule has 24 heavy (non-hydrogen) atoms. The van der Waals surface area contributed by atoms with Gasteiger partial charge in [-0.15, -0.1) is 0 Å². The first kappa shape index (κ1) is 14.8. The molecule has 0 saturated heterocycles. The Morgan fingerprint density at radius 2 is 2.21 bits per heavy atom. The van der Waals surface area contributed by atoms with Gasteiger partial charge in [0.25, 0.3) is 0 Å². The van der Waals surface area contributed by atoms with Gasteiger partial charge in [0.1, 0.15) is 11.6 Å². The predicted octanol–water partition coefficient (Wildman–Crippen LogP) is 4.01. The summed E-state index contributed by atoms with van der Waals surface area (Å²) in [6.45, 7) is 1.03. The van der Waals surface area contributed by atoms with E-state index in [2.05, 4.69) is 9.88 Å².